The van der Waals surface area contributed by atoms with E-state index in [0.29, 0.717) is 11.1 Å². The van der Waals surface area contributed by atoms with Gasteiger partial charge < -0.3 is 29.9 Å². The van der Waals surface area contributed by atoms with Crippen molar-refractivity contribution in [2.75, 3.05) is 44.8 Å². The Morgan fingerprint density at radius 2 is 1.69 bits per heavy atom. The lowest BCUT2D eigenvalue weighted by Crippen LogP contribution is -2.53. The highest BCUT2D eigenvalue weighted by atomic mass is 16.5. The van der Waals surface area contributed by atoms with E-state index in [1.807, 2.05) is 70.8 Å². The van der Waals surface area contributed by atoms with E-state index in [4.69, 9.17) is 4.74 Å². The van der Waals surface area contributed by atoms with Crippen LogP contribution in [-0.4, -0.2) is 99.2 Å². The Morgan fingerprint density at radius 1 is 1.02 bits per heavy atom. The SMILES string of the molecule is Cc1cc(C)c(CNC(=O)c2cc(-c3cnn(CCN4CCOCC4)c3)cc(N(C)C3CCC(N(C(=O)O)C(C)(C)C)CC3)c2C)c(=O)[nH]1. The van der Waals surface area contributed by atoms with Crippen LogP contribution < -0.4 is 15.8 Å². The van der Waals surface area contributed by atoms with Gasteiger partial charge in [0, 0.05) is 85.1 Å². The van der Waals surface area contributed by atoms with Gasteiger partial charge in [-0.15, -0.1) is 0 Å². The second kappa shape index (κ2) is 15.2. The number of morpholine rings is 1. The van der Waals surface area contributed by atoms with Crippen molar-refractivity contribution >= 4 is 17.7 Å². The predicted octanol–water partition coefficient (Wildman–Crippen LogP) is 4.95. The number of carbonyl (C=O) groups is 2. The summed E-state index contributed by atoms with van der Waals surface area (Å²) < 4.78 is 7.43. The van der Waals surface area contributed by atoms with E-state index >= 15 is 0 Å². The second-order valence-electron chi connectivity index (χ2n) is 14.6. The summed E-state index contributed by atoms with van der Waals surface area (Å²) in [5, 5.41) is 17.6. The molecule has 1 saturated carbocycles. The van der Waals surface area contributed by atoms with E-state index in [1.165, 1.54) is 0 Å². The third-order valence-electron chi connectivity index (χ3n) is 10.1. The highest BCUT2D eigenvalue weighted by molar-refractivity contribution is 5.98. The third kappa shape index (κ3) is 8.53. The van der Waals surface area contributed by atoms with Crippen LogP contribution in [0.4, 0.5) is 10.5 Å². The zero-order valence-corrected chi connectivity index (χ0v) is 30.1. The first-order chi connectivity index (χ1) is 23.2. The number of rotatable bonds is 10. The first kappa shape index (κ1) is 36.1. The van der Waals surface area contributed by atoms with Crippen molar-refractivity contribution in [3.05, 3.63) is 68.9 Å². The molecule has 3 aromatic rings. The average molecular weight is 676 g/mol. The maximum absolute atomic E-state index is 13.9. The minimum Gasteiger partial charge on any atom is -0.465 e. The van der Waals surface area contributed by atoms with Crippen molar-refractivity contribution in [2.24, 2.45) is 0 Å². The van der Waals surface area contributed by atoms with Crippen molar-refractivity contribution in [2.45, 2.75) is 97.9 Å². The van der Waals surface area contributed by atoms with Crippen molar-refractivity contribution in [1.82, 2.24) is 29.9 Å². The number of pyridine rings is 1. The van der Waals surface area contributed by atoms with Gasteiger partial charge in [-0.3, -0.25) is 19.2 Å². The molecule has 2 amide bonds. The van der Waals surface area contributed by atoms with Crippen molar-refractivity contribution in [3.8, 4) is 11.1 Å². The van der Waals surface area contributed by atoms with Crippen molar-refractivity contribution in [1.29, 1.82) is 0 Å². The van der Waals surface area contributed by atoms with Gasteiger partial charge in [0.25, 0.3) is 11.5 Å². The molecule has 12 nitrogen and oxygen atoms in total. The molecule has 2 aliphatic rings. The molecule has 1 aromatic carbocycles. The largest absolute Gasteiger partial charge is 0.465 e. The lowest BCUT2D eigenvalue weighted by Gasteiger charge is -2.44. The molecular formula is C37H53N7O5. The minimum absolute atomic E-state index is 0.0346. The summed E-state index contributed by atoms with van der Waals surface area (Å²) in [5.41, 5.74) is 5.62. The Kier molecular flexibility index (Phi) is 11.2. The van der Waals surface area contributed by atoms with Gasteiger partial charge in [0.15, 0.2) is 0 Å². The summed E-state index contributed by atoms with van der Waals surface area (Å²) in [6, 6.07) is 6.11. The molecule has 49 heavy (non-hydrogen) atoms. The zero-order chi connectivity index (χ0) is 35.5. The summed E-state index contributed by atoms with van der Waals surface area (Å²) in [7, 11) is 2.07. The lowest BCUT2D eigenvalue weighted by atomic mass is 9.86. The van der Waals surface area contributed by atoms with Crippen LogP contribution >= 0.6 is 0 Å². The topological polar surface area (TPSA) is 136 Å². The molecule has 1 aliphatic heterocycles. The molecule has 2 fully saturated rings. The van der Waals surface area contributed by atoms with Crippen LogP contribution in [0.15, 0.2) is 35.4 Å². The molecule has 0 radical (unpaired) electrons. The Morgan fingerprint density at radius 3 is 2.33 bits per heavy atom. The molecule has 12 heteroatoms. The molecule has 3 N–H and O–H groups in total. The molecule has 0 spiro atoms. The fourth-order valence-corrected chi connectivity index (χ4v) is 7.43. The summed E-state index contributed by atoms with van der Waals surface area (Å²) >= 11 is 0. The first-order valence-corrected chi connectivity index (χ1v) is 17.4. The molecule has 2 aromatic heterocycles. The van der Waals surface area contributed by atoms with E-state index in [0.717, 1.165) is 98.7 Å². The van der Waals surface area contributed by atoms with E-state index in [2.05, 4.69) is 38.3 Å². The number of H-pyrrole nitrogens is 1. The van der Waals surface area contributed by atoms with Gasteiger partial charge in [-0.25, -0.2) is 4.79 Å². The van der Waals surface area contributed by atoms with Crippen LogP contribution in [0.5, 0.6) is 0 Å². The molecule has 266 valence electrons. The maximum Gasteiger partial charge on any atom is 0.407 e. The van der Waals surface area contributed by atoms with Crippen molar-refractivity contribution in [3.63, 3.8) is 0 Å². The number of aromatic nitrogens is 3. The number of hydrogen-bond donors (Lipinski definition) is 3. The van der Waals surface area contributed by atoms with Gasteiger partial charge in [0.2, 0.25) is 0 Å². The molecular weight excluding hydrogens is 622 g/mol. The van der Waals surface area contributed by atoms with Crippen LogP contribution in [0.2, 0.25) is 0 Å². The van der Waals surface area contributed by atoms with Crippen molar-refractivity contribution < 1.29 is 19.4 Å². The Balaban J connectivity index is 1.41. The number of anilines is 1. The quantitative estimate of drug-likeness (QED) is 0.275. The van der Waals surface area contributed by atoms with E-state index in [9.17, 15) is 19.5 Å². The Bertz CT molecular complexity index is 1690. The Labute approximate surface area is 289 Å². The molecule has 1 aliphatic carbocycles. The van der Waals surface area contributed by atoms with Gasteiger partial charge in [0.05, 0.1) is 26.0 Å². The third-order valence-corrected chi connectivity index (χ3v) is 10.1. The van der Waals surface area contributed by atoms with Gasteiger partial charge in [-0.05, 0) is 102 Å². The van der Waals surface area contributed by atoms with Crippen LogP contribution in [0.3, 0.4) is 0 Å². The lowest BCUT2D eigenvalue weighted by molar-refractivity contribution is 0.0359. The number of amides is 2. The standard InChI is InChI=1S/C37H53N7O5/c1-24-18-25(2)40-35(46)32(24)22-38-34(45)31-19-27(28-21-39-43(23-28)13-12-42-14-16-49-17-15-42)20-33(26(31)3)41(7)29-8-10-30(11-9-29)44(36(47)48)37(4,5)6/h18-21,23,29-30H,8-17,22H2,1-7H3,(H,38,45)(H,40,46)(H,47,48). The number of carbonyl (C=O) groups excluding carboxylic acids is 1. The number of aromatic amines is 1. The number of aryl methyl sites for hydroxylation is 2. The summed E-state index contributed by atoms with van der Waals surface area (Å²) in [6.45, 7) is 16.6. The zero-order valence-electron chi connectivity index (χ0n) is 30.1. The van der Waals surface area contributed by atoms with Crippen LogP contribution in [0.25, 0.3) is 11.1 Å². The van der Waals surface area contributed by atoms with Gasteiger partial charge >= 0.3 is 6.09 Å². The molecule has 0 bridgehead atoms. The minimum atomic E-state index is -0.878. The van der Waals surface area contributed by atoms with E-state index < -0.39 is 11.6 Å². The van der Waals surface area contributed by atoms with Gasteiger partial charge in [0.1, 0.15) is 0 Å². The number of ether oxygens (including phenoxy) is 1. The van der Waals surface area contributed by atoms with Gasteiger partial charge in [-0.2, -0.15) is 5.10 Å². The monoisotopic (exact) mass is 675 g/mol. The normalized spacial score (nSPS) is 18.7. The summed E-state index contributed by atoms with van der Waals surface area (Å²) in [5.74, 6) is -0.251. The number of hydrogen-bond acceptors (Lipinski definition) is 7. The highest BCUT2D eigenvalue weighted by Gasteiger charge is 2.36. The number of benzene rings is 1. The van der Waals surface area contributed by atoms with E-state index in [1.54, 1.807) is 4.90 Å². The molecule has 0 unspecified atom stereocenters. The molecule has 3 heterocycles. The number of carboxylic acid groups (broad SMARTS) is 1. The van der Waals surface area contributed by atoms with Crippen LogP contribution in [-0.2, 0) is 17.8 Å². The first-order valence-electron chi connectivity index (χ1n) is 17.4. The average Bonchev–Trinajstić information content (AvgIpc) is 3.52. The predicted molar refractivity (Wildman–Crippen MR) is 191 cm³/mol. The van der Waals surface area contributed by atoms with E-state index in [-0.39, 0.29) is 30.1 Å². The fraction of sp³-hybridized carbons (Fsp3) is 0.568. The smallest absolute Gasteiger partial charge is 0.407 e. The molecule has 5 rings (SSSR count). The van der Waals surface area contributed by atoms with Crippen LogP contribution in [0.1, 0.15) is 79.2 Å². The summed E-state index contributed by atoms with van der Waals surface area (Å²) in [4.78, 5) is 47.8. The Hall–Kier alpha value is -4.16. The molecule has 0 atom stereocenters. The maximum atomic E-state index is 13.9. The second-order valence-corrected chi connectivity index (χ2v) is 14.6. The fourth-order valence-electron chi connectivity index (χ4n) is 7.43. The number of nitrogens with one attached hydrogen (secondary N) is 2. The molecule has 1 saturated heterocycles. The summed E-state index contributed by atoms with van der Waals surface area (Å²) in [6.07, 6.45) is 6.21. The van der Waals surface area contributed by atoms with Gasteiger partial charge in [-0.1, -0.05) is 0 Å². The highest BCUT2D eigenvalue weighted by Crippen LogP contribution is 2.36. The van der Waals surface area contributed by atoms with Crippen LogP contribution in [0, 0.1) is 20.8 Å². The number of nitrogens with zero attached hydrogens (tertiary/aromatic N) is 5.